The summed E-state index contributed by atoms with van der Waals surface area (Å²) >= 11 is 3.30. The summed E-state index contributed by atoms with van der Waals surface area (Å²) in [5.41, 5.74) is 11.9. The Labute approximate surface area is 110 Å². The van der Waals surface area contributed by atoms with E-state index in [9.17, 15) is 4.39 Å². The first-order valence-electron chi connectivity index (χ1n) is 5.05. The molecule has 0 saturated heterocycles. The van der Waals surface area contributed by atoms with Crippen molar-refractivity contribution in [2.45, 2.75) is 25.3 Å². The third-order valence-corrected chi connectivity index (χ3v) is 2.82. The van der Waals surface area contributed by atoms with E-state index in [4.69, 9.17) is 11.5 Å². The number of halogens is 3. The van der Waals surface area contributed by atoms with Crippen molar-refractivity contribution in [3.05, 3.63) is 34.1 Å². The van der Waals surface area contributed by atoms with Gasteiger partial charge in [0.2, 0.25) is 0 Å². The van der Waals surface area contributed by atoms with Crippen molar-refractivity contribution in [2.24, 2.45) is 11.5 Å². The molecule has 0 aliphatic rings. The maximum Gasteiger partial charge on any atom is 0.128 e. The molecule has 1 rings (SSSR count). The van der Waals surface area contributed by atoms with Gasteiger partial charge in [-0.05, 0) is 37.6 Å². The van der Waals surface area contributed by atoms with Crippen molar-refractivity contribution < 1.29 is 4.39 Å². The lowest BCUT2D eigenvalue weighted by Gasteiger charge is -2.12. The topological polar surface area (TPSA) is 52.0 Å². The van der Waals surface area contributed by atoms with Gasteiger partial charge >= 0.3 is 0 Å². The molecular formula is C11H17BrClFN2. The number of hydrogen-bond acceptors (Lipinski definition) is 2. The molecule has 0 bridgehead atoms. The number of benzene rings is 1. The number of nitrogens with two attached hydrogens (primary N) is 2. The molecule has 1 atom stereocenters. The van der Waals surface area contributed by atoms with Gasteiger partial charge in [0.05, 0.1) is 0 Å². The second-order valence-corrected chi connectivity index (χ2v) is 4.47. The zero-order valence-corrected chi connectivity index (χ0v) is 11.4. The van der Waals surface area contributed by atoms with Crippen molar-refractivity contribution in [3.63, 3.8) is 0 Å². The first-order valence-corrected chi connectivity index (χ1v) is 5.85. The van der Waals surface area contributed by atoms with E-state index < -0.39 is 0 Å². The molecule has 0 saturated carbocycles. The lowest BCUT2D eigenvalue weighted by atomic mass is 10.0. The van der Waals surface area contributed by atoms with Crippen LogP contribution in [0.15, 0.2) is 22.7 Å². The van der Waals surface area contributed by atoms with Crippen LogP contribution in [-0.4, -0.2) is 6.54 Å². The van der Waals surface area contributed by atoms with Gasteiger partial charge in [-0.2, -0.15) is 0 Å². The molecule has 1 aromatic rings. The monoisotopic (exact) mass is 310 g/mol. The molecule has 0 fully saturated rings. The van der Waals surface area contributed by atoms with E-state index in [-0.39, 0.29) is 24.3 Å². The largest absolute Gasteiger partial charge is 0.330 e. The maximum absolute atomic E-state index is 13.4. The van der Waals surface area contributed by atoms with E-state index in [1.807, 2.05) is 0 Å². The molecule has 4 N–H and O–H groups in total. The van der Waals surface area contributed by atoms with Gasteiger partial charge in [0.1, 0.15) is 5.82 Å². The van der Waals surface area contributed by atoms with Crippen LogP contribution in [0.25, 0.3) is 0 Å². The molecule has 0 unspecified atom stereocenters. The second kappa shape index (κ2) is 8.01. The fourth-order valence-corrected chi connectivity index (χ4v) is 1.84. The third kappa shape index (κ3) is 4.78. The predicted octanol–water partition coefficient (Wildman–Crippen LogP) is 3.14. The van der Waals surface area contributed by atoms with Crippen LogP contribution in [0.1, 0.15) is 30.9 Å². The Hall–Kier alpha value is -0.160. The maximum atomic E-state index is 13.4. The van der Waals surface area contributed by atoms with E-state index in [2.05, 4.69) is 15.9 Å². The van der Waals surface area contributed by atoms with Crippen LogP contribution in [-0.2, 0) is 0 Å². The van der Waals surface area contributed by atoms with Crippen LogP contribution in [0.2, 0.25) is 0 Å². The summed E-state index contributed by atoms with van der Waals surface area (Å²) in [6, 6.07) is 4.60. The minimum Gasteiger partial charge on any atom is -0.330 e. The Morgan fingerprint density at radius 2 is 2.00 bits per heavy atom. The lowest BCUT2D eigenvalue weighted by Crippen LogP contribution is -2.12. The van der Waals surface area contributed by atoms with Gasteiger partial charge in [-0.25, -0.2) is 4.39 Å². The molecular weight excluding hydrogens is 294 g/mol. The van der Waals surface area contributed by atoms with E-state index in [1.54, 1.807) is 12.1 Å². The fourth-order valence-electron chi connectivity index (χ4n) is 1.46. The number of rotatable bonds is 5. The summed E-state index contributed by atoms with van der Waals surface area (Å²) in [7, 11) is 0. The molecule has 0 aliphatic heterocycles. The summed E-state index contributed by atoms with van der Waals surface area (Å²) in [6.07, 6.45) is 2.64. The summed E-state index contributed by atoms with van der Waals surface area (Å²) in [6.45, 7) is 0.660. The number of hydrogen-bond donors (Lipinski definition) is 2. The van der Waals surface area contributed by atoms with Crippen LogP contribution in [0.4, 0.5) is 4.39 Å². The molecule has 0 amide bonds. The van der Waals surface area contributed by atoms with E-state index in [0.29, 0.717) is 12.1 Å². The van der Waals surface area contributed by atoms with Crippen molar-refractivity contribution >= 4 is 28.3 Å². The van der Waals surface area contributed by atoms with Gasteiger partial charge in [0.25, 0.3) is 0 Å². The first kappa shape index (κ1) is 15.8. The Morgan fingerprint density at radius 1 is 1.31 bits per heavy atom. The van der Waals surface area contributed by atoms with Crippen LogP contribution in [0.5, 0.6) is 0 Å². The molecule has 0 aliphatic carbocycles. The highest BCUT2D eigenvalue weighted by atomic mass is 79.9. The van der Waals surface area contributed by atoms with Gasteiger partial charge in [-0.3, -0.25) is 0 Å². The summed E-state index contributed by atoms with van der Waals surface area (Å²) < 4.78 is 14.3. The van der Waals surface area contributed by atoms with Crippen LogP contribution in [0, 0.1) is 5.82 Å². The van der Waals surface area contributed by atoms with Gasteiger partial charge in [-0.1, -0.05) is 22.4 Å². The van der Waals surface area contributed by atoms with Gasteiger partial charge in [0.15, 0.2) is 0 Å². The zero-order chi connectivity index (χ0) is 11.3. The molecule has 92 valence electrons. The standard InChI is InChI=1S/C11H16BrFN2.ClH/c12-8-4-5-10(13)9(7-8)11(15)3-1-2-6-14;/h4-5,7,11H,1-3,6,14-15H2;1H/t11-;/m0./s1. The highest BCUT2D eigenvalue weighted by Crippen LogP contribution is 2.23. The van der Waals surface area contributed by atoms with Gasteiger partial charge in [0, 0.05) is 16.1 Å². The predicted molar refractivity (Wildman–Crippen MR) is 71.2 cm³/mol. The SMILES string of the molecule is Cl.NCCCC[C@H](N)c1cc(Br)ccc1F. The summed E-state index contributed by atoms with van der Waals surface area (Å²) in [5.74, 6) is -0.238. The Morgan fingerprint density at radius 3 is 2.62 bits per heavy atom. The Balaban J connectivity index is 0.00000225. The van der Waals surface area contributed by atoms with Crippen LogP contribution < -0.4 is 11.5 Å². The van der Waals surface area contributed by atoms with Crippen molar-refractivity contribution in [1.29, 1.82) is 0 Å². The van der Waals surface area contributed by atoms with E-state index in [0.717, 1.165) is 23.7 Å². The molecule has 0 radical (unpaired) electrons. The minimum absolute atomic E-state index is 0. The van der Waals surface area contributed by atoms with Crippen molar-refractivity contribution in [3.8, 4) is 0 Å². The van der Waals surface area contributed by atoms with Gasteiger partial charge < -0.3 is 11.5 Å². The van der Waals surface area contributed by atoms with Crippen molar-refractivity contribution in [2.75, 3.05) is 6.54 Å². The van der Waals surface area contributed by atoms with E-state index >= 15 is 0 Å². The molecule has 2 nitrogen and oxygen atoms in total. The molecule has 5 heteroatoms. The molecule has 16 heavy (non-hydrogen) atoms. The number of unbranched alkanes of at least 4 members (excludes halogenated alkanes) is 1. The molecule has 0 heterocycles. The van der Waals surface area contributed by atoms with Crippen LogP contribution >= 0.6 is 28.3 Å². The third-order valence-electron chi connectivity index (χ3n) is 2.33. The average Bonchev–Trinajstić information content (AvgIpc) is 2.22. The molecule has 1 aromatic carbocycles. The highest BCUT2D eigenvalue weighted by Gasteiger charge is 2.11. The fraction of sp³-hybridized carbons (Fsp3) is 0.455. The second-order valence-electron chi connectivity index (χ2n) is 3.56. The van der Waals surface area contributed by atoms with E-state index in [1.165, 1.54) is 6.07 Å². The summed E-state index contributed by atoms with van der Waals surface area (Å²) in [5, 5.41) is 0. The quantitative estimate of drug-likeness (QED) is 0.821. The molecule has 0 spiro atoms. The Kier molecular flexibility index (Phi) is 7.93. The van der Waals surface area contributed by atoms with Crippen LogP contribution in [0.3, 0.4) is 0 Å². The van der Waals surface area contributed by atoms with Gasteiger partial charge in [-0.15, -0.1) is 12.4 Å². The molecule has 0 aromatic heterocycles. The highest BCUT2D eigenvalue weighted by molar-refractivity contribution is 9.10. The minimum atomic E-state index is -0.242. The first-order chi connectivity index (χ1) is 7.15. The van der Waals surface area contributed by atoms with Crippen molar-refractivity contribution in [1.82, 2.24) is 0 Å². The smallest absolute Gasteiger partial charge is 0.128 e. The lowest BCUT2D eigenvalue weighted by molar-refractivity contribution is 0.542. The zero-order valence-electron chi connectivity index (χ0n) is 8.96. The average molecular weight is 312 g/mol. The Bertz CT molecular complexity index is 323. The summed E-state index contributed by atoms with van der Waals surface area (Å²) in [4.78, 5) is 0. The normalized spacial score (nSPS) is 12.0.